The SMILES string of the molecule is COC(=O)CN1C[C@H]2C[C@@H](C1)[C@H](CNC(=O)c1ccncc1)N1C(=O)CCC[C@@H]21. The molecule has 1 aromatic heterocycles. The summed E-state index contributed by atoms with van der Waals surface area (Å²) >= 11 is 0. The molecular formula is C21H28N4O4. The second-order valence-electron chi connectivity index (χ2n) is 8.30. The molecule has 8 nitrogen and oxygen atoms in total. The van der Waals surface area contributed by atoms with Crippen molar-refractivity contribution in [3.8, 4) is 0 Å². The van der Waals surface area contributed by atoms with Crippen molar-refractivity contribution in [1.82, 2.24) is 20.1 Å². The van der Waals surface area contributed by atoms with Crippen LogP contribution in [0.1, 0.15) is 36.0 Å². The number of nitrogens with zero attached hydrogens (tertiary/aromatic N) is 3. The molecule has 0 radical (unpaired) electrons. The number of hydrogen-bond acceptors (Lipinski definition) is 6. The number of rotatable bonds is 5. The molecule has 0 aromatic carbocycles. The first-order valence-electron chi connectivity index (χ1n) is 10.4. The Labute approximate surface area is 170 Å². The second kappa shape index (κ2) is 8.49. The van der Waals surface area contributed by atoms with Crippen molar-refractivity contribution in [3.63, 3.8) is 0 Å². The van der Waals surface area contributed by atoms with Crippen LogP contribution in [0.2, 0.25) is 0 Å². The number of esters is 1. The molecule has 156 valence electrons. The minimum atomic E-state index is -0.232. The van der Waals surface area contributed by atoms with Crippen LogP contribution in [-0.4, -0.2) is 77.9 Å². The van der Waals surface area contributed by atoms with Gasteiger partial charge in [0.2, 0.25) is 5.91 Å². The Morgan fingerprint density at radius 1 is 1.24 bits per heavy atom. The van der Waals surface area contributed by atoms with Gasteiger partial charge in [0.1, 0.15) is 0 Å². The topological polar surface area (TPSA) is 91.8 Å². The third-order valence-corrected chi connectivity index (χ3v) is 6.57. The van der Waals surface area contributed by atoms with Crippen molar-refractivity contribution >= 4 is 17.8 Å². The molecule has 0 unspecified atom stereocenters. The van der Waals surface area contributed by atoms with E-state index in [1.807, 2.05) is 0 Å². The number of ether oxygens (including phenoxy) is 1. The van der Waals surface area contributed by atoms with E-state index in [1.54, 1.807) is 24.5 Å². The highest BCUT2D eigenvalue weighted by Gasteiger charge is 2.49. The average molecular weight is 400 g/mol. The highest BCUT2D eigenvalue weighted by Crippen LogP contribution is 2.41. The van der Waals surface area contributed by atoms with Crippen LogP contribution < -0.4 is 5.32 Å². The fraction of sp³-hybridized carbons (Fsp3) is 0.619. The zero-order valence-corrected chi connectivity index (χ0v) is 16.8. The number of carbonyl (C=O) groups is 3. The first-order chi connectivity index (χ1) is 14.1. The lowest BCUT2D eigenvalue weighted by Gasteiger charge is -2.56. The number of aromatic nitrogens is 1. The molecule has 1 N–H and O–H groups in total. The molecule has 8 heteroatoms. The number of methoxy groups -OCH3 is 1. The van der Waals surface area contributed by atoms with Gasteiger partial charge in [-0.25, -0.2) is 0 Å². The molecule has 3 aliphatic rings. The Balaban J connectivity index is 1.50. The van der Waals surface area contributed by atoms with E-state index in [2.05, 4.69) is 20.1 Å². The van der Waals surface area contributed by atoms with Crippen LogP contribution in [0.3, 0.4) is 0 Å². The van der Waals surface area contributed by atoms with Gasteiger partial charge < -0.3 is 15.0 Å². The van der Waals surface area contributed by atoms with Crippen molar-refractivity contribution < 1.29 is 19.1 Å². The molecule has 3 saturated heterocycles. The standard InChI is InChI=1S/C21H28N4O4/c1-29-20(27)13-24-11-15-9-16(12-24)18(25-17(15)3-2-4-19(25)26)10-23-21(28)14-5-7-22-8-6-14/h5-8,15-18H,2-4,9-13H2,1H3,(H,23,28)/t15-,16+,17+,18+/m1/s1. The van der Waals surface area contributed by atoms with Crippen molar-refractivity contribution in [2.45, 2.75) is 37.8 Å². The highest BCUT2D eigenvalue weighted by molar-refractivity contribution is 5.94. The lowest BCUT2D eigenvalue weighted by atomic mass is 9.72. The maximum atomic E-state index is 12.8. The summed E-state index contributed by atoms with van der Waals surface area (Å²) in [6.45, 7) is 2.25. The zero-order valence-electron chi connectivity index (χ0n) is 16.8. The average Bonchev–Trinajstić information content (AvgIpc) is 2.74. The quantitative estimate of drug-likeness (QED) is 0.731. The maximum Gasteiger partial charge on any atom is 0.319 e. The fourth-order valence-electron chi connectivity index (χ4n) is 5.31. The smallest absolute Gasteiger partial charge is 0.319 e. The lowest BCUT2D eigenvalue weighted by Crippen LogP contribution is -2.67. The number of piperidine rings is 3. The fourth-order valence-corrected chi connectivity index (χ4v) is 5.31. The first kappa shape index (κ1) is 19.8. The number of carbonyl (C=O) groups excluding carboxylic acids is 3. The van der Waals surface area contributed by atoms with Crippen molar-refractivity contribution in [2.24, 2.45) is 11.8 Å². The number of hydrogen-bond donors (Lipinski definition) is 1. The second-order valence-corrected chi connectivity index (χ2v) is 8.30. The predicted octanol–water partition coefficient (Wildman–Crippen LogP) is 0.686. The van der Waals surface area contributed by atoms with Gasteiger partial charge in [0.25, 0.3) is 5.91 Å². The maximum absolute atomic E-state index is 12.8. The predicted molar refractivity (Wildman–Crippen MR) is 105 cm³/mol. The van der Waals surface area contributed by atoms with E-state index in [4.69, 9.17) is 4.74 Å². The Bertz CT molecular complexity index is 771. The summed E-state index contributed by atoms with van der Waals surface area (Å²) in [7, 11) is 1.41. The van der Waals surface area contributed by atoms with Gasteiger partial charge in [-0.2, -0.15) is 0 Å². The normalized spacial score (nSPS) is 29.1. The molecule has 2 bridgehead atoms. The molecule has 2 amide bonds. The van der Waals surface area contributed by atoms with Crippen LogP contribution in [0.15, 0.2) is 24.5 Å². The molecule has 4 rings (SSSR count). The summed E-state index contributed by atoms with van der Waals surface area (Å²) in [5.74, 6) is 0.409. The van der Waals surface area contributed by atoms with Gasteiger partial charge in [0.05, 0.1) is 19.7 Å². The summed E-state index contributed by atoms with van der Waals surface area (Å²) in [6, 6.07) is 3.51. The third-order valence-electron chi connectivity index (χ3n) is 6.57. The van der Waals surface area contributed by atoms with Crippen LogP contribution in [0.4, 0.5) is 0 Å². The van der Waals surface area contributed by atoms with Crippen LogP contribution in [0.25, 0.3) is 0 Å². The summed E-state index contributed by atoms with van der Waals surface area (Å²) < 4.78 is 4.85. The van der Waals surface area contributed by atoms with Crippen molar-refractivity contribution in [2.75, 3.05) is 33.3 Å². The molecule has 0 aliphatic carbocycles. The largest absolute Gasteiger partial charge is 0.468 e. The van der Waals surface area contributed by atoms with E-state index < -0.39 is 0 Å². The van der Waals surface area contributed by atoms with Gasteiger partial charge in [0, 0.05) is 50.1 Å². The number of likely N-dealkylation sites (tertiary alicyclic amines) is 1. The summed E-state index contributed by atoms with van der Waals surface area (Å²) in [4.78, 5) is 45.3. The number of fused-ring (bicyclic) bond motifs is 4. The van der Waals surface area contributed by atoms with Crippen LogP contribution in [-0.2, 0) is 14.3 Å². The monoisotopic (exact) mass is 400 g/mol. The van der Waals surface area contributed by atoms with Crippen LogP contribution >= 0.6 is 0 Å². The Morgan fingerprint density at radius 3 is 2.76 bits per heavy atom. The lowest BCUT2D eigenvalue weighted by molar-refractivity contribution is -0.155. The van der Waals surface area contributed by atoms with Crippen molar-refractivity contribution in [3.05, 3.63) is 30.1 Å². The third kappa shape index (κ3) is 4.12. The zero-order chi connectivity index (χ0) is 20.4. The Hall–Kier alpha value is -2.48. The van der Waals surface area contributed by atoms with Crippen LogP contribution in [0.5, 0.6) is 0 Å². The summed E-state index contributed by atoms with van der Waals surface area (Å²) in [5.41, 5.74) is 0.561. The minimum Gasteiger partial charge on any atom is -0.468 e. The van der Waals surface area contributed by atoms with E-state index in [-0.39, 0.29) is 42.3 Å². The number of amides is 2. The number of pyridine rings is 1. The first-order valence-corrected chi connectivity index (χ1v) is 10.4. The Kier molecular flexibility index (Phi) is 5.80. The van der Waals surface area contributed by atoms with Gasteiger partial charge in [0.15, 0.2) is 0 Å². The molecule has 1 aromatic rings. The van der Waals surface area contributed by atoms with Gasteiger partial charge in [-0.15, -0.1) is 0 Å². The number of nitrogens with one attached hydrogen (secondary N) is 1. The summed E-state index contributed by atoms with van der Waals surface area (Å²) in [6.07, 6.45) is 6.70. The molecule has 0 spiro atoms. The van der Waals surface area contributed by atoms with E-state index in [9.17, 15) is 14.4 Å². The molecule has 4 atom stereocenters. The molecule has 3 aliphatic heterocycles. The summed E-state index contributed by atoms with van der Waals surface area (Å²) in [5, 5.41) is 3.02. The Morgan fingerprint density at radius 2 is 2.00 bits per heavy atom. The minimum absolute atomic E-state index is 0.0460. The van der Waals surface area contributed by atoms with E-state index in [0.717, 1.165) is 32.4 Å². The van der Waals surface area contributed by atoms with Gasteiger partial charge >= 0.3 is 5.97 Å². The molecule has 3 fully saturated rings. The molecular weight excluding hydrogens is 372 g/mol. The van der Waals surface area contributed by atoms with Crippen LogP contribution in [0, 0.1) is 11.8 Å². The highest BCUT2D eigenvalue weighted by atomic mass is 16.5. The van der Waals surface area contributed by atoms with Gasteiger partial charge in [-0.1, -0.05) is 0 Å². The van der Waals surface area contributed by atoms with Gasteiger partial charge in [-0.3, -0.25) is 24.3 Å². The van der Waals surface area contributed by atoms with E-state index in [0.29, 0.717) is 24.4 Å². The van der Waals surface area contributed by atoms with Crippen molar-refractivity contribution in [1.29, 1.82) is 0 Å². The molecule has 4 heterocycles. The molecule has 0 saturated carbocycles. The van der Waals surface area contributed by atoms with Gasteiger partial charge in [-0.05, 0) is 43.2 Å². The van der Waals surface area contributed by atoms with E-state index in [1.165, 1.54) is 7.11 Å². The van der Waals surface area contributed by atoms with E-state index >= 15 is 0 Å². The molecule has 29 heavy (non-hydrogen) atoms.